The van der Waals surface area contributed by atoms with Gasteiger partial charge >= 0.3 is 5.97 Å². The number of fused-ring (bicyclic) bond motifs is 1. The van der Waals surface area contributed by atoms with E-state index in [-0.39, 0.29) is 23.4 Å². The Bertz CT molecular complexity index is 851. The third-order valence-corrected chi connectivity index (χ3v) is 5.59. The molecule has 1 aliphatic rings. The van der Waals surface area contributed by atoms with E-state index in [1.165, 1.54) is 11.8 Å². The van der Waals surface area contributed by atoms with Gasteiger partial charge in [-0.2, -0.15) is 0 Å². The van der Waals surface area contributed by atoms with Crippen molar-refractivity contribution in [3.05, 3.63) is 48.0 Å². The molecule has 2 aromatic carbocycles. The molecule has 0 spiro atoms. The summed E-state index contributed by atoms with van der Waals surface area (Å²) in [6, 6.07) is 13.4. The van der Waals surface area contributed by atoms with Crippen LogP contribution in [0.15, 0.2) is 42.5 Å². The van der Waals surface area contributed by atoms with Crippen LogP contribution in [0, 0.1) is 0 Å². The Morgan fingerprint density at radius 3 is 2.58 bits per heavy atom. The zero-order valence-electron chi connectivity index (χ0n) is 14.6. The molecule has 2 aromatic rings. The lowest BCUT2D eigenvalue weighted by atomic mass is 9.94. The van der Waals surface area contributed by atoms with Crippen molar-refractivity contribution in [3.8, 4) is 0 Å². The first kappa shape index (κ1) is 18.5. The third-order valence-electron chi connectivity index (χ3n) is 4.77. The van der Waals surface area contributed by atoms with Gasteiger partial charge in [-0.3, -0.25) is 9.59 Å². The highest BCUT2D eigenvalue weighted by atomic mass is 32.2. The summed E-state index contributed by atoms with van der Waals surface area (Å²) < 4.78 is 0. The molecule has 0 aromatic heterocycles. The fourth-order valence-corrected chi connectivity index (χ4v) is 4.04. The van der Waals surface area contributed by atoms with Crippen LogP contribution < -0.4 is 0 Å². The Hall–Kier alpha value is -2.34. The van der Waals surface area contributed by atoms with Crippen LogP contribution in [0.2, 0.25) is 0 Å². The number of rotatable bonds is 5. The molecule has 0 radical (unpaired) electrons. The molecule has 136 valence electrons. The molecule has 3 rings (SSSR count). The second-order valence-electron chi connectivity index (χ2n) is 6.53. The van der Waals surface area contributed by atoms with Crippen molar-refractivity contribution in [1.82, 2.24) is 4.90 Å². The first-order valence-corrected chi connectivity index (χ1v) is 9.58. The van der Waals surface area contributed by atoms with Crippen LogP contribution in [-0.4, -0.2) is 45.3 Å². The molecule has 1 aliphatic heterocycles. The molecule has 1 heterocycles. The van der Waals surface area contributed by atoms with Crippen LogP contribution in [0.25, 0.3) is 10.8 Å². The molecule has 1 saturated heterocycles. The summed E-state index contributed by atoms with van der Waals surface area (Å²) >= 11 is 1.09. The van der Waals surface area contributed by atoms with Gasteiger partial charge in [0.1, 0.15) is 6.04 Å². The van der Waals surface area contributed by atoms with E-state index in [0.29, 0.717) is 18.7 Å². The Morgan fingerprint density at radius 2 is 1.88 bits per heavy atom. The Morgan fingerprint density at radius 1 is 1.15 bits per heavy atom. The molecule has 5 nitrogen and oxygen atoms in total. The number of carbonyl (C=O) groups excluding carboxylic acids is 2. The largest absolute Gasteiger partial charge is 0.480 e. The van der Waals surface area contributed by atoms with Gasteiger partial charge in [0.2, 0.25) is 5.91 Å². The first-order chi connectivity index (χ1) is 12.5. The van der Waals surface area contributed by atoms with E-state index < -0.39 is 12.0 Å². The van der Waals surface area contributed by atoms with Gasteiger partial charge in [-0.1, -0.05) is 54.2 Å². The van der Waals surface area contributed by atoms with E-state index in [0.717, 1.165) is 28.1 Å². The van der Waals surface area contributed by atoms with Crippen molar-refractivity contribution in [3.63, 3.8) is 0 Å². The van der Waals surface area contributed by atoms with Gasteiger partial charge in [0.05, 0.1) is 0 Å². The van der Waals surface area contributed by atoms with Crippen LogP contribution in [0.4, 0.5) is 0 Å². The van der Waals surface area contributed by atoms with Gasteiger partial charge in [0.25, 0.3) is 0 Å². The molecule has 1 N–H and O–H groups in total. The normalized spacial score (nSPS) is 19.7. The highest BCUT2D eigenvalue weighted by molar-refractivity contribution is 8.13. The van der Waals surface area contributed by atoms with Crippen molar-refractivity contribution in [2.45, 2.75) is 31.7 Å². The molecule has 0 aliphatic carbocycles. The Labute approximate surface area is 156 Å². The van der Waals surface area contributed by atoms with Crippen molar-refractivity contribution < 1.29 is 19.5 Å². The van der Waals surface area contributed by atoms with Gasteiger partial charge in [0.15, 0.2) is 5.12 Å². The van der Waals surface area contributed by atoms with Crippen molar-refractivity contribution >= 4 is 39.5 Å². The number of carboxylic acids is 1. The van der Waals surface area contributed by atoms with Crippen LogP contribution in [0.3, 0.4) is 0 Å². The fourth-order valence-electron chi connectivity index (χ4n) is 3.47. The minimum atomic E-state index is -0.971. The zero-order valence-corrected chi connectivity index (χ0v) is 15.4. The highest BCUT2D eigenvalue weighted by Gasteiger charge is 2.39. The third kappa shape index (κ3) is 4.07. The van der Waals surface area contributed by atoms with E-state index in [4.69, 9.17) is 0 Å². The Balaban J connectivity index is 1.76. The second kappa shape index (κ2) is 7.91. The summed E-state index contributed by atoms with van der Waals surface area (Å²) in [6.07, 6.45) is 0.595. The molecule has 0 bridgehead atoms. The summed E-state index contributed by atoms with van der Waals surface area (Å²) in [5.74, 6) is -0.780. The molecule has 6 heteroatoms. The lowest BCUT2D eigenvalue weighted by Crippen LogP contribution is -2.40. The number of carbonyl (C=O) groups is 3. The summed E-state index contributed by atoms with van der Waals surface area (Å²) in [6.45, 7) is 1.86. The van der Waals surface area contributed by atoms with E-state index in [2.05, 4.69) is 6.07 Å². The van der Waals surface area contributed by atoms with Crippen molar-refractivity contribution in [1.29, 1.82) is 0 Å². The predicted molar refractivity (Wildman–Crippen MR) is 102 cm³/mol. The van der Waals surface area contributed by atoms with Gasteiger partial charge in [0, 0.05) is 31.6 Å². The van der Waals surface area contributed by atoms with Crippen molar-refractivity contribution in [2.75, 3.05) is 12.3 Å². The molecule has 0 unspecified atom stereocenters. The van der Waals surface area contributed by atoms with E-state index in [1.807, 2.05) is 36.4 Å². The van der Waals surface area contributed by atoms with E-state index >= 15 is 0 Å². The fraction of sp³-hybridized carbons (Fsp3) is 0.350. The average molecular weight is 371 g/mol. The minimum Gasteiger partial charge on any atom is -0.480 e. The van der Waals surface area contributed by atoms with Gasteiger partial charge < -0.3 is 10.0 Å². The Kier molecular flexibility index (Phi) is 5.61. The maximum absolute atomic E-state index is 12.5. The van der Waals surface area contributed by atoms with Gasteiger partial charge in [-0.05, 0) is 22.8 Å². The lowest BCUT2D eigenvalue weighted by molar-refractivity contribution is -0.148. The molecular formula is C20H21NO4S. The number of thioether (sulfide) groups is 1. The van der Waals surface area contributed by atoms with Gasteiger partial charge in [-0.15, -0.1) is 0 Å². The smallest absolute Gasteiger partial charge is 0.326 e. The number of amides is 1. The van der Waals surface area contributed by atoms with Gasteiger partial charge in [-0.25, -0.2) is 4.79 Å². The zero-order chi connectivity index (χ0) is 18.7. The molecule has 0 saturated carbocycles. The SMILES string of the molecule is CC(=O)SCCC(=O)N1C[C@@H](c2ccc3ccccc3c2)C[C@H]1C(=O)O. The average Bonchev–Trinajstić information content (AvgIpc) is 3.06. The van der Waals surface area contributed by atoms with Crippen LogP contribution >= 0.6 is 11.8 Å². The van der Waals surface area contributed by atoms with Crippen molar-refractivity contribution in [2.24, 2.45) is 0 Å². The molecule has 2 atom stereocenters. The van der Waals surface area contributed by atoms with Crippen LogP contribution in [-0.2, 0) is 14.4 Å². The molecule has 1 amide bonds. The number of carboxylic acid groups (broad SMARTS) is 1. The number of hydrogen-bond acceptors (Lipinski definition) is 4. The number of benzene rings is 2. The number of hydrogen-bond donors (Lipinski definition) is 1. The molecular weight excluding hydrogens is 350 g/mol. The quantitative estimate of drug-likeness (QED) is 0.873. The standard InChI is InChI=1S/C20H21NO4S/c1-13(22)26-9-8-19(23)21-12-17(11-18(21)20(24)25)16-7-6-14-4-2-3-5-15(14)10-16/h2-7,10,17-18H,8-9,11-12H2,1H3,(H,24,25)/t17-,18-/m0/s1. The monoisotopic (exact) mass is 371 g/mol. The van der Waals surface area contributed by atoms with E-state index in [9.17, 15) is 19.5 Å². The second-order valence-corrected chi connectivity index (χ2v) is 7.80. The summed E-state index contributed by atoms with van der Waals surface area (Å²) in [5, 5.41) is 11.7. The number of aliphatic carboxylic acids is 1. The minimum absolute atomic E-state index is 0.00474. The maximum atomic E-state index is 12.5. The molecule has 1 fully saturated rings. The maximum Gasteiger partial charge on any atom is 0.326 e. The summed E-state index contributed by atoms with van der Waals surface area (Å²) in [5.41, 5.74) is 1.06. The number of nitrogens with zero attached hydrogens (tertiary/aromatic N) is 1. The molecule has 26 heavy (non-hydrogen) atoms. The first-order valence-electron chi connectivity index (χ1n) is 8.60. The van der Waals surface area contributed by atoms with Crippen LogP contribution in [0.1, 0.15) is 31.2 Å². The van der Waals surface area contributed by atoms with E-state index in [1.54, 1.807) is 0 Å². The lowest BCUT2D eigenvalue weighted by Gasteiger charge is -2.21. The predicted octanol–water partition coefficient (Wildman–Crippen LogP) is 3.28. The summed E-state index contributed by atoms with van der Waals surface area (Å²) in [4.78, 5) is 36.6. The van der Waals surface area contributed by atoms with Crippen LogP contribution in [0.5, 0.6) is 0 Å². The number of likely N-dealkylation sites (tertiary alicyclic amines) is 1. The highest BCUT2D eigenvalue weighted by Crippen LogP contribution is 2.34. The topological polar surface area (TPSA) is 74.7 Å². The summed E-state index contributed by atoms with van der Waals surface area (Å²) in [7, 11) is 0.